The van der Waals surface area contributed by atoms with E-state index in [0.29, 0.717) is 22.3 Å². The molecule has 2 N–H and O–H groups in total. The lowest BCUT2D eigenvalue weighted by Gasteiger charge is -2.17. The summed E-state index contributed by atoms with van der Waals surface area (Å²) in [6, 6.07) is 11.2. The summed E-state index contributed by atoms with van der Waals surface area (Å²) in [6.07, 6.45) is 0.222. The van der Waals surface area contributed by atoms with Crippen molar-refractivity contribution in [2.24, 2.45) is 0 Å². The molecule has 1 aliphatic rings. The number of hydrogen-bond acceptors (Lipinski definition) is 2. The third kappa shape index (κ3) is 4.18. The van der Waals surface area contributed by atoms with Gasteiger partial charge in [0.05, 0.1) is 21.8 Å². The molecule has 1 atom stereocenters. The minimum absolute atomic E-state index is 0.0617. The summed E-state index contributed by atoms with van der Waals surface area (Å²) in [7, 11) is 0. The van der Waals surface area contributed by atoms with Gasteiger partial charge >= 0.3 is 6.03 Å². The van der Waals surface area contributed by atoms with Crippen LogP contribution in [0.3, 0.4) is 0 Å². The molecule has 3 amide bonds. The van der Waals surface area contributed by atoms with Gasteiger partial charge in [0.1, 0.15) is 0 Å². The lowest BCUT2D eigenvalue weighted by Crippen LogP contribution is -2.39. The SMILES string of the molecule is O=C(Nc1cccc(Cl)c1Cl)N[C@H]1CC(=O)N(c2ccc(Cl)cc2)C1. The Hall–Kier alpha value is -1.95. The summed E-state index contributed by atoms with van der Waals surface area (Å²) in [6.45, 7) is 0.386. The van der Waals surface area contributed by atoms with E-state index in [1.165, 1.54) is 0 Å². The number of carbonyl (C=O) groups is 2. The number of amides is 3. The van der Waals surface area contributed by atoms with Crippen molar-refractivity contribution in [3.8, 4) is 0 Å². The summed E-state index contributed by atoms with van der Waals surface area (Å²) in [5, 5.41) is 6.64. The van der Waals surface area contributed by atoms with E-state index in [0.717, 1.165) is 5.69 Å². The first kappa shape index (κ1) is 17.9. The second kappa shape index (κ2) is 7.52. The molecule has 2 aromatic rings. The Morgan fingerprint density at radius 1 is 1.08 bits per heavy atom. The second-order valence-corrected chi connectivity index (χ2v) is 6.80. The smallest absolute Gasteiger partial charge is 0.319 e. The maximum absolute atomic E-state index is 12.2. The Bertz CT molecular complexity index is 811. The van der Waals surface area contributed by atoms with Crippen LogP contribution in [0, 0.1) is 0 Å². The second-order valence-electron chi connectivity index (χ2n) is 5.58. The lowest BCUT2D eigenvalue weighted by molar-refractivity contribution is -0.117. The molecule has 1 fully saturated rings. The van der Waals surface area contributed by atoms with Crippen LogP contribution in [0.2, 0.25) is 15.1 Å². The van der Waals surface area contributed by atoms with E-state index < -0.39 is 6.03 Å². The van der Waals surface area contributed by atoms with Gasteiger partial charge < -0.3 is 15.5 Å². The van der Waals surface area contributed by atoms with E-state index in [1.807, 2.05) is 0 Å². The van der Waals surface area contributed by atoms with Crippen molar-refractivity contribution >= 4 is 58.1 Å². The standard InChI is InChI=1S/C17H14Cl3N3O2/c18-10-4-6-12(7-5-10)23-9-11(8-15(23)24)21-17(25)22-14-3-1-2-13(19)16(14)20/h1-7,11H,8-9H2,(H2,21,22,25)/t11-/m0/s1. The van der Waals surface area contributed by atoms with E-state index in [-0.39, 0.29) is 23.4 Å². The third-order valence-electron chi connectivity index (χ3n) is 3.80. The summed E-state index contributed by atoms with van der Waals surface area (Å²) in [5.74, 6) is -0.0617. The summed E-state index contributed by atoms with van der Waals surface area (Å²) in [4.78, 5) is 26.0. The highest BCUT2D eigenvalue weighted by Gasteiger charge is 2.31. The quantitative estimate of drug-likeness (QED) is 0.795. The van der Waals surface area contributed by atoms with Crippen LogP contribution in [0.4, 0.5) is 16.2 Å². The normalized spacial score (nSPS) is 16.8. The molecular formula is C17H14Cl3N3O2. The molecule has 0 radical (unpaired) electrons. The van der Waals surface area contributed by atoms with Crippen molar-refractivity contribution in [2.75, 3.05) is 16.8 Å². The number of benzene rings is 2. The van der Waals surface area contributed by atoms with E-state index in [1.54, 1.807) is 47.4 Å². The monoisotopic (exact) mass is 397 g/mol. The van der Waals surface area contributed by atoms with Crippen molar-refractivity contribution < 1.29 is 9.59 Å². The molecule has 0 aliphatic carbocycles. The van der Waals surface area contributed by atoms with E-state index in [9.17, 15) is 9.59 Å². The van der Waals surface area contributed by atoms with Crippen LogP contribution >= 0.6 is 34.8 Å². The van der Waals surface area contributed by atoms with Crippen LogP contribution in [-0.4, -0.2) is 24.5 Å². The maximum Gasteiger partial charge on any atom is 0.319 e. The number of urea groups is 1. The Balaban J connectivity index is 1.62. The van der Waals surface area contributed by atoms with Crippen molar-refractivity contribution in [2.45, 2.75) is 12.5 Å². The average molecular weight is 399 g/mol. The largest absolute Gasteiger partial charge is 0.333 e. The van der Waals surface area contributed by atoms with E-state index in [2.05, 4.69) is 10.6 Å². The molecule has 5 nitrogen and oxygen atoms in total. The molecule has 130 valence electrons. The molecule has 0 aromatic heterocycles. The molecule has 3 rings (SSSR count). The number of halogens is 3. The fourth-order valence-corrected chi connectivity index (χ4v) is 3.09. The van der Waals surface area contributed by atoms with Gasteiger partial charge in [0, 0.05) is 23.7 Å². The fraction of sp³-hybridized carbons (Fsp3) is 0.176. The molecule has 0 saturated carbocycles. The first-order chi connectivity index (χ1) is 11.9. The topological polar surface area (TPSA) is 61.4 Å². The number of rotatable bonds is 3. The first-order valence-electron chi connectivity index (χ1n) is 7.51. The molecular weight excluding hydrogens is 385 g/mol. The predicted octanol–water partition coefficient (Wildman–Crippen LogP) is 4.57. The van der Waals surface area contributed by atoms with Crippen LogP contribution in [-0.2, 0) is 4.79 Å². The number of anilines is 2. The third-order valence-corrected chi connectivity index (χ3v) is 4.87. The number of nitrogens with zero attached hydrogens (tertiary/aromatic N) is 1. The van der Waals surface area contributed by atoms with Crippen LogP contribution in [0.15, 0.2) is 42.5 Å². The van der Waals surface area contributed by atoms with Gasteiger partial charge in [-0.3, -0.25) is 4.79 Å². The Kier molecular flexibility index (Phi) is 5.37. The van der Waals surface area contributed by atoms with Crippen molar-refractivity contribution in [3.63, 3.8) is 0 Å². The number of hydrogen-bond donors (Lipinski definition) is 2. The summed E-state index contributed by atoms with van der Waals surface area (Å²) in [5.41, 5.74) is 1.16. The molecule has 25 heavy (non-hydrogen) atoms. The Morgan fingerprint density at radius 2 is 1.80 bits per heavy atom. The molecule has 2 aromatic carbocycles. The van der Waals surface area contributed by atoms with Gasteiger partial charge in [-0.05, 0) is 36.4 Å². The van der Waals surface area contributed by atoms with E-state index in [4.69, 9.17) is 34.8 Å². The van der Waals surface area contributed by atoms with Crippen molar-refractivity contribution in [3.05, 3.63) is 57.5 Å². The van der Waals surface area contributed by atoms with Gasteiger partial charge in [-0.2, -0.15) is 0 Å². The van der Waals surface area contributed by atoms with Crippen LogP contribution in [0.1, 0.15) is 6.42 Å². The van der Waals surface area contributed by atoms with Gasteiger partial charge in [-0.1, -0.05) is 40.9 Å². The summed E-state index contributed by atoms with van der Waals surface area (Å²) >= 11 is 17.8. The van der Waals surface area contributed by atoms with E-state index >= 15 is 0 Å². The zero-order valence-corrected chi connectivity index (χ0v) is 15.2. The molecule has 0 spiro atoms. The highest BCUT2D eigenvalue weighted by Crippen LogP contribution is 2.29. The van der Waals surface area contributed by atoms with Gasteiger partial charge in [0.15, 0.2) is 0 Å². The van der Waals surface area contributed by atoms with Crippen LogP contribution in [0.5, 0.6) is 0 Å². The Labute approximate surface area is 159 Å². The molecule has 1 aliphatic heterocycles. The molecule has 8 heteroatoms. The zero-order valence-electron chi connectivity index (χ0n) is 12.9. The van der Waals surface area contributed by atoms with Crippen LogP contribution < -0.4 is 15.5 Å². The highest BCUT2D eigenvalue weighted by molar-refractivity contribution is 6.44. The fourth-order valence-electron chi connectivity index (χ4n) is 2.62. The average Bonchev–Trinajstić information content (AvgIpc) is 2.93. The summed E-state index contributed by atoms with van der Waals surface area (Å²) < 4.78 is 0. The Morgan fingerprint density at radius 3 is 2.52 bits per heavy atom. The maximum atomic E-state index is 12.2. The number of nitrogens with one attached hydrogen (secondary N) is 2. The first-order valence-corrected chi connectivity index (χ1v) is 8.65. The van der Waals surface area contributed by atoms with Gasteiger partial charge in [-0.25, -0.2) is 4.79 Å². The highest BCUT2D eigenvalue weighted by atomic mass is 35.5. The van der Waals surface area contributed by atoms with Crippen molar-refractivity contribution in [1.29, 1.82) is 0 Å². The minimum atomic E-state index is -0.445. The van der Waals surface area contributed by atoms with Crippen LogP contribution in [0.25, 0.3) is 0 Å². The molecule has 1 heterocycles. The van der Waals surface area contributed by atoms with Gasteiger partial charge in [0.25, 0.3) is 0 Å². The van der Waals surface area contributed by atoms with Gasteiger partial charge in [0.2, 0.25) is 5.91 Å². The molecule has 1 saturated heterocycles. The van der Waals surface area contributed by atoms with Gasteiger partial charge in [-0.15, -0.1) is 0 Å². The zero-order chi connectivity index (χ0) is 18.0. The number of carbonyl (C=O) groups excluding carboxylic acids is 2. The lowest BCUT2D eigenvalue weighted by atomic mass is 10.2. The predicted molar refractivity (Wildman–Crippen MR) is 101 cm³/mol. The molecule has 0 unspecified atom stereocenters. The minimum Gasteiger partial charge on any atom is -0.333 e. The van der Waals surface area contributed by atoms with Crippen molar-refractivity contribution in [1.82, 2.24) is 5.32 Å². The molecule has 0 bridgehead atoms.